The maximum Gasteiger partial charge on any atom is 0.346 e. The second-order valence-electron chi connectivity index (χ2n) is 6.98. The number of hydrogen-bond acceptors (Lipinski definition) is 8. The van der Waals surface area contributed by atoms with Crippen molar-refractivity contribution in [2.75, 3.05) is 0 Å². The second-order valence-corrected chi connectivity index (χ2v) is 6.98. The van der Waals surface area contributed by atoms with Crippen molar-refractivity contribution >= 4 is 35.8 Å². The molecule has 0 aromatic heterocycles. The minimum Gasteiger partial charge on any atom is -0.481 e. The molecule has 0 amide bonds. The van der Waals surface area contributed by atoms with Gasteiger partial charge in [-0.3, -0.25) is 19.2 Å². The maximum absolute atomic E-state index is 12.3. The topological polar surface area (TPSA) is 161 Å². The van der Waals surface area contributed by atoms with E-state index in [1.165, 1.54) is 24.3 Å². The van der Waals surface area contributed by atoms with Crippen LogP contribution >= 0.6 is 0 Å². The Hall–Kier alpha value is -3.56. The van der Waals surface area contributed by atoms with E-state index in [0.717, 1.165) is 0 Å². The van der Waals surface area contributed by atoms with E-state index in [4.69, 9.17) is 19.7 Å². The first-order valence-electron chi connectivity index (χ1n) is 10.2. The zero-order chi connectivity index (χ0) is 23.9. The van der Waals surface area contributed by atoms with Crippen LogP contribution in [0.25, 0.3) is 0 Å². The molecule has 0 aliphatic rings. The summed E-state index contributed by atoms with van der Waals surface area (Å²) in [6.07, 6.45) is 2.28. The van der Waals surface area contributed by atoms with Gasteiger partial charge in [0.1, 0.15) is 0 Å². The molecule has 2 N–H and O–H groups in total. The number of rotatable bonds is 14. The van der Waals surface area contributed by atoms with Gasteiger partial charge in [-0.15, -0.1) is 0 Å². The Kier molecular flexibility index (Phi) is 12.0. The highest BCUT2D eigenvalue weighted by molar-refractivity contribution is 6.07. The number of esters is 4. The largest absolute Gasteiger partial charge is 0.481 e. The van der Waals surface area contributed by atoms with Gasteiger partial charge in [-0.25, -0.2) is 9.59 Å². The number of carbonyl (C=O) groups is 6. The fourth-order valence-corrected chi connectivity index (χ4v) is 2.70. The summed E-state index contributed by atoms with van der Waals surface area (Å²) in [5, 5.41) is 17.1. The summed E-state index contributed by atoms with van der Waals surface area (Å²) in [6.45, 7) is 0. The van der Waals surface area contributed by atoms with Crippen molar-refractivity contribution < 1.29 is 48.5 Å². The lowest BCUT2D eigenvalue weighted by molar-refractivity contribution is -0.139. The molecule has 10 nitrogen and oxygen atoms in total. The molecule has 0 heterocycles. The van der Waals surface area contributed by atoms with E-state index in [9.17, 15) is 28.8 Å². The molecule has 0 atom stereocenters. The number of hydrogen-bond donors (Lipinski definition) is 2. The molecule has 0 bridgehead atoms. The summed E-state index contributed by atoms with van der Waals surface area (Å²) in [7, 11) is 0. The molecule has 0 unspecified atom stereocenters. The number of carbonyl (C=O) groups excluding carboxylic acids is 4. The van der Waals surface area contributed by atoms with Crippen LogP contribution in [-0.4, -0.2) is 46.0 Å². The number of carboxylic acid groups (broad SMARTS) is 2. The lowest BCUT2D eigenvalue weighted by atomic mass is 10.1. The Balaban J connectivity index is 2.53. The number of benzene rings is 1. The van der Waals surface area contributed by atoms with Crippen molar-refractivity contribution in [3.63, 3.8) is 0 Å². The quantitative estimate of drug-likeness (QED) is 0.245. The van der Waals surface area contributed by atoms with Gasteiger partial charge in [0.2, 0.25) is 0 Å². The van der Waals surface area contributed by atoms with Gasteiger partial charge in [-0.05, 0) is 37.8 Å². The molecule has 0 saturated carbocycles. The van der Waals surface area contributed by atoms with Crippen molar-refractivity contribution in [1.82, 2.24) is 0 Å². The third-order valence-electron chi connectivity index (χ3n) is 4.32. The highest BCUT2D eigenvalue weighted by atomic mass is 16.6. The first-order chi connectivity index (χ1) is 15.2. The summed E-state index contributed by atoms with van der Waals surface area (Å²) < 4.78 is 9.47. The van der Waals surface area contributed by atoms with Crippen molar-refractivity contribution in [2.24, 2.45) is 0 Å². The summed E-state index contributed by atoms with van der Waals surface area (Å²) >= 11 is 0. The van der Waals surface area contributed by atoms with Crippen LogP contribution in [0.2, 0.25) is 0 Å². The fourth-order valence-electron chi connectivity index (χ4n) is 2.70. The van der Waals surface area contributed by atoms with E-state index in [0.29, 0.717) is 38.5 Å². The Labute approximate surface area is 184 Å². The number of aliphatic carboxylic acids is 2. The Morgan fingerprint density at radius 1 is 0.562 bits per heavy atom. The van der Waals surface area contributed by atoms with Gasteiger partial charge in [-0.2, -0.15) is 0 Å². The van der Waals surface area contributed by atoms with Crippen molar-refractivity contribution in [3.05, 3.63) is 35.4 Å². The van der Waals surface area contributed by atoms with Crippen LogP contribution in [0.3, 0.4) is 0 Å². The highest BCUT2D eigenvalue weighted by Crippen LogP contribution is 2.14. The molecule has 1 rings (SSSR count). The lowest BCUT2D eigenvalue weighted by Crippen LogP contribution is -2.19. The Morgan fingerprint density at radius 2 is 0.906 bits per heavy atom. The zero-order valence-electron chi connectivity index (χ0n) is 17.5. The first kappa shape index (κ1) is 26.5. The number of unbranched alkanes of at least 4 members (excludes halogenated alkanes) is 4. The molecular formula is C22H26O10. The van der Waals surface area contributed by atoms with Gasteiger partial charge in [0.05, 0.1) is 11.1 Å². The molecule has 10 heteroatoms. The SMILES string of the molecule is O=C(O)CCCCCC(=O)OC(=O)c1ccccc1C(=O)OC(=O)CCCCCC(=O)O. The second kappa shape index (κ2) is 14.4. The van der Waals surface area contributed by atoms with Gasteiger partial charge in [0.15, 0.2) is 0 Å². The van der Waals surface area contributed by atoms with Crippen LogP contribution in [0.5, 0.6) is 0 Å². The van der Waals surface area contributed by atoms with E-state index in [2.05, 4.69) is 0 Å². The summed E-state index contributed by atoms with van der Waals surface area (Å²) in [4.78, 5) is 69.1. The standard InChI is InChI=1S/C22H26O10/c23-17(24)11-3-1-5-13-19(27)31-21(29)15-9-7-8-10-16(15)22(30)32-20(28)14-6-2-4-12-18(25)26/h7-10H,1-6,11-14H2,(H,23,24)(H,25,26). The molecule has 1 aromatic rings. The monoisotopic (exact) mass is 450 g/mol. The van der Waals surface area contributed by atoms with Crippen LogP contribution in [-0.2, 0) is 28.7 Å². The van der Waals surface area contributed by atoms with Crippen molar-refractivity contribution in [1.29, 1.82) is 0 Å². The van der Waals surface area contributed by atoms with Gasteiger partial charge in [-0.1, -0.05) is 25.0 Å². The maximum atomic E-state index is 12.3. The molecule has 1 aromatic carbocycles. The predicted molar refractivity (Wildman–Crippen MR) is 109 cm³/mol. The molecule has 0 saturated heterocycles. The molecule has 0 radical (unpaired) electrons. The van der Waals surface area contributed by atoms with E-state index >= 15 is 0 Å². The number of ether oxygens (including phenoxy) is 2. The average Bonchev–Trinajstić information content (AvgIpc) is 2.72. The molecular weight excluding hydrogens is 424 g/mol. The van der Waals surface area contributed by atoms with E-state index in [1.54, 1.807) is 0 Å². The summed E-state index contributed by atoms with van der Waals surface area (Å²) in [5.41, 5.74) is -0.461. The van der Waals surface area contributed by atoms with Crippen molar-refractivity contribution in [3.8, 4) is 0 Å². The fraction of sp³-hybridized carbons (Fsp3) is 0.455. The third-order valence-corrected chi connectivity index (χ3v) is 4.32. The van der Waals surface area contributed by atoms with E-state index < -0.39 is 35.8 Å². The predicted octanol–water partition coefficient (Wildman–Crippen LogP) is 3.12. The van der Waals surface area contributed by atoms with Crippen LogP contribution in [0.1, 0.15) is 84.9 Å². The van der Waals surface area contributed by atoms with Gasteiger partial charge in [0, 0.05) is 25.7 Å². The van der Waals surface area contributed by atoms with Crippen LogP contribution < -0.4 is 0 Å². The Morgan fingerprint density at radius 3 is 1.25 bits per heavy atom. The lowest BCUT2D eigenvalue weighted by Gasteiger charge is -2.08. The minimum atomic E-state index is -1.06. The van der Waals surface area contributed by atoms with Crippen LogP contribution in [0.15, 0.2) is 24.3 Å². The first-order valence-corrected chi connectivity index (χ1v) is 10.2. The van der Waals surface area contributed by atoms with Gasteiger partial charge < -0.3 is 19.7 Å². The molecule has 0 aliphatic heterocycles. The zero-order valence-corrected chi connectivity index (χ0v) is 17.5. The molecule has 32 heavy (non-hydrogen) atoms. The molecule has 0 fully saturated rings. The minimum absolute atomic E-state index is 0.00940. The van der Waals surface area contributed by atoms with Crippen LogP contribution in [0.4, 0.5) is 0 Å². The van der Waals surface area contributed by atoms with Gasteiger partial charge >= 0.3 is 35.8 Å². The number of carboxylic acids is 2. The normalized spacial score (nSPS) is 10.2. The van der Waals surface area contributed by atoms with E-state index in [1.807, 2.05) is 0 Å². The molecule has 0 aliphatic carbocycles. The highest BCUT2D eigenvalue weighted by Gasteiger charge is 2.22. The van der Waals surface area contributed by atoms with Crippen LogP contribution in [0, 0.1) is 0 Å². The van der Waals surface area contributed by atoms with Gasteiger partial charge in [0.25, 0.3) is 0 Å². The third kappa shape index (κ3) is 11.0. The Bertz CT molecular complexity index is 774. The van der Waals surface area contributed by atoms with Crippen molar-refractivity contribution in [2.45, 2.75) is 64.2 Å². The molecule has 174 valence electrons. The smallest absolute Gasteiger partial charge is 0.346 e. The summed E-state index contributed by atoms with van der Waals surface area (Å²) in [6, 6.07) is 5.42. The summed E-state index contributed by atoms with van der Waals surface area (Å²) in [5.74, 6) is -5.61. The van der Waals surface area contributed by atoms with E-state index in [-0.39, 0.29) is 36.8 Å². The molecule has 0 spiro atoms. The average molecular weight is 450 g/mol.